The third-order valence-corrected chi connectivity index (χ3v) is 1.50. The molecule has 0 aromatic rings. The summed E-state index contributed by atoms with van der Waals surface area (Å²) < 4.78 is 11.9. The molecule has 4 unspecified atom stereocenters. The number of aliphatic hydroxyl groups is 4. The van der Waals surface area contributed by atoms with Crippen LogP contribution in [0.25, 0.3) is 0 Å². The standard InChI is InChI=1S/C6H13FO4/c1-3(2-8)4(9)5(10)6(7)11/h3-6,8-11H,2H2,1H3. The van der Waals surface area contributed by atoms with Crippen molar-refractivity contribution in [1.82, 2.24) is 0 Å². The van der Waals surface area contributed by atoms with Crippen molar-refractivity contribution >= 4 is 0 Å². The molecule has 0 amide bonds. The summed E-state index contributed by atoms with van der Waals surface area (Å²) in [5.41, 5.74) is 0. The Morgan fingerprint density at radius 1 is 1.18 bits per heavy atom. The first-order valence-electron chi connectivity index (χ1n) is 3.29. The van der Waals surface area contributed by atoms with Crippen LogP contribution in [0.3, 0.4) is 0 Å². The Labute approximate surface area is 63.9 Å². The maximum Gasteiger partial charge on any atom is 0.225 e. The molecular weight excluding hydrogens is 155 g/mol. The van der Waals surface area contributed by atoms with Gasteiger partial charge in [0.25, 0.3) is 0 Å². The lowest BCUT2D eigenvalue weighted by Gasteiger charge is -2.22. The van der Waals surface area contributed by atoms with Gasteiger partial charge in [-0.2, -0.15) is 0 Å². The van der Waals surface area contributed by atoms with E-state index in [-0.39, 0.29) is 6.61 Å². The molecule has 0 aromatic carbocycles. The molecule has 4 nitrogen and oxygen atoms in total. The summed E-state index contributed by atoms with van der Waals surface area (Å²) in [5.74, 6) is -0.657. The van der Waals surface area contributed by atoms with Gasteiger partial charge in [-0.3, -0.25) is 0 Å². The van der Waals surface area contributed by atoms with Gasteiger partial charge in [0.1, 0.15) is 6.10 Å². The van der Waals surface area contributed by atoms with Crippen LogP contribution < -0.4 is 0 Å². The number of hydrogen-bond acceptors (Lipinski definition) is 4. The van der Waals surface area contributed by atoms with Gasteiger partial charge in [0.05, 0.1) is 6.10 Å². The smallest absolute Gasteiger partial charge is 0.225 e. The predicted molar refractivity (Wildman–Crippen MR) is 35.4 cm³/mol. The zero-order valence-electron chi connectivity index (χ0n) is 6.18. The minimum absolute atomic E-state index is 0.370. The van der Waals surface area contributed by atoms with Gasteiger partial charge in [-0.15, -0.1) is 0 Å². The van der Waals surface area contributed by atoms with Gasteiger partial charge in [0, 0.05) is 12.5 Å². The lowest BCUT2D eigenvalue weighted by atomic mass is 10.0. The zero-order valence-corrected chi connectivity index (χ0v) is 6.18. The Morgan fingerprint density at radius 3 is 1.91 bits per heavy atom. The Balaban J connectivity index is 3.90. The molecule has 0 saturated carbocycles. The zero-order chi connectivity index (χ0) is 9.02. The Bertz CT molecular complexity index is 109. The van der Waals surface area contributed by atoms with E-state index in [0.29, 0.717) is 0 Å². The number of aliphatic hydroxyl groups excluding tert-OH is 4. The average Bonchev–Trinajstić information content (AvgIpc) is 2.00. The predicted octanol–water partition coefficient (Wildman–Crippen LogP) is -1.38. The van der Waals surface area contributed by atoms with E-state index in [2.05, 4.69) is 0 Å². The Hall–Kier alpha value is -0.230. The van der Waals surface area contributed by atoms with E-state index in [0.717, 1.165) is 0 Å². The summed E-state index contributed by atoms with van der Waals surface area (Å²) in [4.78, 5) is 0. The topological polar surface area (TPSA) is 80.9 Å². The van der Waals surface area contributed by atoms with E-state index in [9.17, 15) is 4.39 Å². The molecule has 5 heteroatoms. The summed E-state index contributed by atoms with van der Waals surface area (Å²) in [6, 6.07) is 0. The summed E-state index contributed by atoms with van der Waals surface area (Å²) in [6.07, 6.45) is -5.77. The van der Waals surface area contributed by atoms with Crippen molar-refractivity contribution in [2.75, 3.05) is 6.61 Å². The number of rotatable bonds is 4. The first-order chi connectivity index (χ1) is 5.00. The molecule has 11 heavy (non-hydrogen) atoms. The van der Waals surface area contributed by atoms with Crippen LogP contribution >= 0.6 is 0 Å². The highest BCUT2D eigenvalue weighted by Crippen LogP contribution is 2.10. The molecule has 4 atom stereocenters. The summed E-state index contributed by atoms with van der Waals surface area (Å²) in [6.45, 7) is 1.06. The molecule has 0 radical (unpaired) electrons. The average molecular weight is 168 g/mol. The number of hydrogen-bond donors (Lipinski definition) is 4. The molecular formula is C6H13FO4. The summed E-state index contributed by atoms with van der Waals surface area (Å²) in [7, 11) is 0. The monoisotopic (exact) mass is 168 g/mol. The fourth-order valence-corrected chi connectivity index (χ4v) is 0.607. The summed E-state index contributed by atoms with van der Waals surface area (Å²) >= 11 is 0. The van der Waals surface area contributed by atoms with Crippen molar-refractivity contribution in [2.24, 2.45) is 5.92 Å². The van der Waals surface area contributed by atoms with Crippen LogP contribution in [-0.2, 0) is 0 Å². The molecule has 0 aliphatic heterocycles. The minimum atomic E-state index is -2.47. The van der Waals surface area contributed by atoms with Crippen molar-refractivity contribution in [3.05, 3.63) is 0 Å². The molecule has 0 aliphatic rings. The second-order valence-electron chi connectivity index (χ2n) is 2.51. The van der Waals surface area contributed by atoms with Crippen molar-refractivity contribution < 1.29 is 24.8 Å². The summed E-state index contributed by atoms with van der Waals surface area (Å²) in [5, 5.41) is 34.3. The van der Waals surface area contributed by atoms with Gasteiger partial charge in [0.15, 0.2) is 0 Å². The van der Waals surface area contributed by atoms with Crippen LogP contribution in [0.2, 0.25) is 0 Å². The molecule has 0 rings (SSSR count). The molecule has 0 bridgehead atoms. The van der Waals surface area contributed by atoms with E-state index in [1.165, 1.54) is 6.92 Å². The van der Waals surface area contributed by atoms with Crippen LogP contribution in [0.15, 0.2) is 0 Å². The van der Waals surface area contributed by atoms with E-state index in [1.54, 1.807) is 0 Å². The molecule has 4 N–H and O–H groups in total. The molecule has 68 valence electrons. The molecule has 0 aliphatic carbocycles. The van der Waals surface area contributed by atoms with Gasteiger partial charge < -0.3 is 20.4 Å². The van der Waals surface area contributed by atoms with E-state index in [4.69, 9.17) is 20.4 Å². The maximum absolute atomic E-state index is 11.9. The van der Waals surface area contributed by atoms with Gasteiger partial charge in [-0.1, -0.05) is 6.92 Å². The van der Waals surface area contributed by atoms with Crippen LogP contribution in [0.5, 0.6) is 0 Å². The number of alkyl halides is 1. The van der Waals surface area contributed by atoms with Gasteiger partial charge in [-0.25, -0.2) is 4.39 Å². The van der Waals surface area contributed by atoms with Crippen LogP contribution in [-0.4, -0.2) is 45.6 Å². The van der Waals surface area contributed by atoms with E-state index < -0.39 is 24.5 Å². The van der Waals surface area contributed by atoms with Gasteiger partial charge in [-0.05, 0) is 0 Å². The minimum Gasteiger partial charge on any atom is -0.396 e. The van der Waals surface area contributed by atoms with E-state index in [1.807, 2.05) is 0 Å². The highest BCUT2D eigenvalue weighted by molar-refractivity contribution is 4.73. The molecule has 0 fully saturated rings. The second-order valence-corrected chi connectivity index (χ2v) is 2.51. The van der Waals surface area contributed by atoms with Crippen molar-refractivity contribution in [3.8, 4) is 0 Å². The first-order valence-corrected chi connectivity index (χ1v) is 3.29. The highest BCUT2D eigenvalue weighted by Gasteiger charge is 2.28. The largest absolute Gasteiger partial charge is 0.396 e. The van der Waals surface area contributed by atoms with Crippen LogP contribution in [0, 0.1) is 5.92 Å². The van der Waals surface area contributed by atoms with E-state index >= 15 is 0 Å². The third-order valence-electron chi connectivity index (χ3n) is 1.50. The van der Waals surface area contributed by atoms with Crippen LogP contribution in [0.1, 0.15) is 6.92 Å². The first kappa shape index (κ1) is 10.8. The number of halogens is 1. The van der Waals surface area contributed by atoms with Crippen molar-refractivity contribution in [1.29, 1.82) is 0 Å². The Morgan fingerprint density at radius 2 is 1.64 bits per heavy atom. The molecule has 0 saturated heterocycles. The lowest BCUT2D eigenvalue weighted by molar-refractivity contribution is -0.131. The van der Waals surface area contributed by atoms with Gasteiger partial charge >= 0.3 is 0 Å². The second kappa shape index (κ2) is 4.61. The van der Waals surface area contributed by atoms with Gasteiger partial charge in [0.2, 0.25) is 6.36 Å². The quantitative estimate of drug-likeness (QED) is 0.417. The maximum atomic E-state index is 11.9. The third kappa shape index (κ3) is 3.11. The van der Waals surface area contributed by atoms with Crippen LogP contribution in [0.4, 0.5) is 4.39 Å². The fourth-order valence-electron chi connectivity index (χ4n) is 0.607. The lowest BCUT2D eigenvalue weighted by Crippen LogP contribution is -2.40. The highest BCUT2D eigenvalue weighted by atomic mass is 19.1. The molecule has 0 spiro atoms. The van der Waals surface area contributed by atoms with Crippen molar-refractivity contribution in [3.63, 3.8) is 0 Å². The fraction of sp³-hybridized carbons (Fsp3) is 1.00. The van der Waals surface area contributed by atoms with Crippen molar-refractivity contribution in [2.45, 2.75) is 25.5 Å². The molecule has 0 aromatic heterocycles. The Kier molecular flexibility index (Phi) is 4.51. The normalized spacial score (nSPS) is 22.4. The SMILES string of the molecule is CC(CO)C(O)C(O)C(O)F. The molecule has 0 heterocycles.